The molecule has 1 aliphatic heterocycles. The molecule has 0 saturated carbocycles. The van der Waals surface area contributed by atoms with Crippen molar-refractivity contribution in [2.75, 3.05) is 45.9 Å². The Balaban J connectivity index is 0.000000498. The first kappa shape index (κ1) is 37.2. The Morgan fingerprint density at radius 1 is 0.659 bits per heavy atom. The van der Waals surface area contributed by atoms with Crippen molar-refractivity contribution in [3.63, 3.8) is 0 Å². The molecule has 13 nitrogen and oxygen atoms in total. The van der Waals surface area contributed by atoms with Gasteiger partial charge in [0.15, 0.2) is 0 Å². The fourth-order valence-corrected chi connectivity index (χ4v) is 3.83. The molecule has 0 spiro atoms. The zero-order valence-corrected chi connectivity index (χ0v) is 24.3. The summed E-state index contributed by atoms with van der Waals surface area (Å²) >= 11 is 0. The highest BCUT2D eigenvalue weighted by atomic mass is 16.5. The first-order chi connectivity index (χ1) is 20.9. The topological polar surface area (TPSA) is 202 Å². The minimum Gasteiger partial charge on any atom is -0.481 e. The third kappa shape index (κ3) is 17.9. The maximum absolute atomic E-state index is 10.7. The van der Waals surface area contributed by atoms with E-state index in [1.54, 1.807) is 0 Å². The third-order valence-electron chi connectivity index (χ3n) is 6.02. The van der Waals surface area contributed by atoms with Gasteiger partial charge in [0.1, 0.15) is 6.10 Å². The summed E-state index contributed by atoms with van der Waals surface area (Å²) in [6.07, 6.45) is 2.40. The normalized spacial score (nSPS) is 14.1. The maximum atomic E-state index is 10.7. The van der Waals surface area contributed by atoms with Crippen LogP contribution in [-0.2, 0) is 28.7 Å². The van der Waals surface area contributed by atoms with Gasteiger partial charge < -0.3 is 35.2 Å². The SMILES string of the molecule is Cc1ccc(C(OCCN2CCN(CCC(=O)O)CC2)c2ccccc2)cc1.O=C(O)/C=C/C(=O)O.O=C(O)/C=C/C(=O)O. The molecule has 1 fully saturated rings. The molecule has 1 heterocycles. The summed E-state index contributed by atoms with van der Waals surface area (Å²) in [5.74, 6) is -5.75. The number of nitrogens with zero attached hydrogens (tertiary/aromatic N) is 2. The van der Waals surface area contributed by atoms with E-state index in [0.29, 0.717) is 37.5 Å². The minimum atomic E-state index is -1.26. The minimum absolute atomic E-state index is 0.0568. The lowest BCUT2D eigenvalue weighted by molar-refractivity contribution is -0.137. The molecule has 2 aromatic rings. The second-order valence-electron chi connectivity index (χ2n) is 9.42. The van der Waals surface area contributed by atoms with Gasteiger partial charge in [0, 0.05) is 63.6 Å². The van der Waals surface area contributed by atoms with Crippen LogP contribution in [0.5, 0.6) is 0 Å². The van der Waals surface area contributed by atoms with Crippen LogP contribution in [0.25, 0.3) is 0 Å². The van der Waals surface area contributed by atoms with Gasteiger partial charge in [-0.25, -0.2) is 19.2 Å². The van der Waals surface area contributed by atoms with Crippen molar-refractivity contribution in [3.8, 4) is 0 Å². The van der Waals surface area contributed by atoms with Gasteiger partial charge in [0.05, 0.1) is 13.0 Å². The molecule has 0 aromatic heterocycles. The summed E-state index contributed by atoms with van der Waals surface area (Å²) in [7, 11) is 0. The van der Waals surface area contributed by atoms with Gasteiger partial charge in [-0.2, -0.15) is 0 Å². The zero-order valence-electron chi connectivity index (χ0n) is 24.3. The maximum Gasteiger partial charge on any atom is 0.328 e. The summed E-state index contributed by atoms with van der Waals surface area (Å²) in [4.78, 5) is 53.5. The van der Waals surface area contributed by atoms with E-state index in [-0.39, 0.29) is 12.5 Å². The van der Waals surface area contributed by atoms with Crippen LogP contribution in [0.15, 0.2) is 78.9 Å². The largest absolute Gasteiger partial charge is 0.481 e. The quantitative estimate of drug-likeness (QED) is 0.206. The van der Waals surface area contributed by atoms with Gasteiger partial charge in [0.25, 0.3) is 0 Å². The van der Waals surface area contributed by atoms with Crippen LogP contribution < -0.4 is 0 Å². The number of piperazine rings is 1. The number of carboxylic acids is 5. The monoisotopic (exact) mass is 614 g/mol. The number of benzene rings is 2. The number of aryl methyl sites for hydroxylation is 1. The van der Waals surface area contributed by atoms with Crippen molar-refractivity contribution in [1.82, 2.24) is 9.80 Å². The number of ether oxygens (including phenoxy) is 1. The van der Waals surface area contributed by atoms with Crippen molar-refractivity contribution in [3.05, 3.63) is 95.6 Å². The summed E-state index contributed by atoms with van der Waals surface area (Å²) in [6.45, 7) is 8.07. The molecule has 238 valence electrons. The lowest BCUT2D eigenvalue weighted by Crippen LogP contribution is -2.47. The average Bonchev–Trinajstić information content (AvgIpc) is 2.98. The van der Waals surface area contributed by atoms with Crippen molar-refractivity contribution in [2.24, 2.45) is 0 Å². The van der Waals surface area contributed by atoms with Gasteiger partial charge in [-0.15, -0.1) is 0 Å². The van der Waals surface area contributed by atoms with E-state index in [2.05, 4.69) is 65.3 Å². The van der Waals surface area contributed by atoms with Crippen molar-refractivity contribution in [1.29, 1.82) is 0 Å². The standard InChI is InChI=1S/C23H30N2O3.2C4H4O4/c1-19-7-9-21(10-8-19)23(20-5-3-2-4-6-20)28-18-17-25-15-13-24(14-16-25)12-11-22(26)27;2*5-3(6)1-2-4(7)8/h2-10,23H,11-18H2,1H3,(H,26,27);2*1-2H,(H,5,6)(H,7,8)/b;2*2-1+. The Labute approximate surface area is 254 Å². The van der Waals surface area contributed by atoms with Crippen LogP contribution in [-0.4, -0.2) is 111 Å². The van der Waals surface area contributed by atoms with Crippen LogP contribution in [0.4, 0.5) is 0 Å². The van der Waals surface area contributed by atoms with E-state index >= 15 is 0 Å². The first-order valence-electron chi connectivity index (χ1n) is 13.5. The Morgan fingerprint density at radius 2 is 1.07 bits per heavy atom. The van der Waals surface area contributed by atoms with Gasteiger partial charge in [-0.05, 0) is 18.1 Å². The fourth-order valence-electron chi connectivity index (χ4n) is 3.83. The van der Waals surface area contributed by atoms with Crippen LogP contribution in [0, 0.1) is 6.92 Å². The molecule has 1 aliphatic rings. The second-order valence-corrected chi connectivity index (χ2v) is 9.42. The van der Waals surface area contributed by atoms with Crippen LogP contribution in [0.3, 0.4) is 0 Å². The highest BCUT2D eigenvalue weighted by Gasteiger charge is 2.19. The van der Waals surface area contributed by atoms with Gasteiger partial charge in [-0.1, -0.05) is 60.2 Å². The molecular formula is C31H38N2O11. The number of carbonyl (C=O) groups is 5. The van der Waals surface area contributed by atoms with Gasteiger partial charge >= 0.3 is 29.8 Å². The smallest absolute Gasteiger partial charge is 0.328 e. The molecule has 1 atom stereocenters. The predicted molar refractivity (Wildman–Crippen MR) is 159 cm³/mol. The molecule has 1 saturated heterocycles. The number of rotatable bonds is 13. The van der Waals surface area contributed by atoms with Crippen molar-refractivity contribution >= 4 is 29.8 Å². The summed E-state index contributed by atoms with van der Waals surface area (Å²) in [5.41, 5.74) is 3.59. The van der Waals surface area contributed by atoms with Crippen molar-refractivity contribution in [2.45, 2.75) is 19.4 Å². The van der Waals surface area contributed by atoms with E-state index in [1.807, 2.05) is 6.07 Å². The number of carboxylic acid groups (broad SMARTS) is 5. The Morgan fingerprint density at radius 3 is 1.48 bits per heavy atom. The molecule has 44 heavy (non-hydrogen) atoms. The van der Waals surface area contributed by atoms with E-state index in [4.69, 9.17) is 30.3 Å². The van der Waals surface area contributed by atoms with Crippen molar-refractivity contribution < 1.29 is 54.2 Å². The summed E-state index contributed by atoms with van der Waals surface area (Å²) in [5, 5.41) is 40.1. The first-order valence-corrected chi connectivity index (χ1v) is 13.5. The highest BCUT2D eigenvalue weighted by molar-refractivity contribution is 5.90. The van der Waals surface area contributed by atoms with E-state index in [9.17, 15) is 24.0 Å². The lowest BCUT2D eigenvalue weighted by Gasteiger charge is -2.34. The number of aliphatic carboxylic acids is 5. The molecule has 1 unspecified atom stereocenters. The van der Waals surface area contributed by atoms with E-state index in [1.165, 1.54) is 16.7 Å². The fraction of sp³-hybridized carbons (Fsp3) is 0.323. The van der Waals surface area contributed by atoms with Gasteiger partial charge in [0.2, 0.25) is 0 Å². The third-order valence-corrected chi connectivity index (χ3v) is 6.02. The molecule has 0 bridgehead atoms. The number of hydrogen-bond donors (Lipinski definition) is 5. The molecular weight excluding hydrogens is 576 g/mol. The Bertz CT molecular complexity index is 1190. The average molecular weight is 615 g/mol. The van der Waals surface area contributed by atoms with E-state index < -0.39 is 29.8 Å². The zero-order chi connectivity index (χ0) is 32.9. The Kier molecular flexibility index (Phi) is 17.7. The summed E-state index contributed by atoms with van der Waals surface area (Å²) in [6, 6.07) is 18.9. The molecule has 2 aromatic carbocycles. The molecule has 13 heteroatoms. The molecule has 0 radical (unpaired) electrons. The van der Waals surface area contributed by atoms with E-state index in [0.717, 1.165) is 32.7 Å². The van der Waals surface area contributed by atoms with Crippen LogP contribution in [0.2, 0.25) is 0 Å². The molecule has 0 amide bonds. The van der Waals surface area contributed by atoms with Crippen LogP contribution >= 0.6 is 0 Å². The molecule has 5 N–H and O–H groups in total. The predicted octanol–water partition coefficient (Wildman–Crippen LogP) is 2.62. The second kappa shape index (κ2) is 20.9. The lowest BCUT2D eigenvalue weighted by atomic mass is 10.0. The highest BCUT2D eigenvalue weighted by Crippen LogP contribution is 2.26. The molecule has 0 aliphatic carbocycles. The molecule has 3 rings (SSSR count). The summed E-state index contributed by atoms with van der Waals surface area (Å²) < 4.78 is 6.33. The Hall–Kier alpha value is -4.85. The van der Waals surface area contributed by atoms with Gasteiger partial charge in [-0.3, -0.25) is 9.69 Å². The van der Waals surface area contributed by atoms with Crippen LogP contribution in [0.1, 0.15) is 29.2 Å². The number of hydrogen-bond acceptors (Lipinski definition) is 8.